The van der Waals surface area contributed by atoms with Gasteiger partial charge in [-0.1, -0.05) is 33.4 Å². The third kappa shape index (κ3) is 2.52. The van der Waals surface area contributed by atoms with Gasteiger partial charge in [-0.15, -0.1) is 0 Å². The van der Waals surface area contributed by atoms with Gasteiger partial charge in [0.1, 0.15) is 6.61 Å². The van der Waals surface area contributed by atoms with Gasteiger partial charge in [0, 0.05) is 12.7 Å². The molecule has 0 saturated heterocycles. The lowest BCUT2D eigenvalue weighted by molar-refractivity contribution is -0.159. The molecular formula is C17H21NO4. The van der Waals surface area contributed by atoms with E-state index in [0.29, 0.717) is 23.4 Å². The molecule has 1 unspecified atom stereocenters. The third-order valence-electron chi connectivity index (χ3n) is 3.61. The first-order valence-corrected chi connectivity index (χ1v) is 7.29. The molecule has 0 saturated carbocycles. The summed E-state index contributed by atoms with van der Waals surface area (Å²) in [6, 6.07) is 1.78. The van der Waals surface area contributed by atoms with Crippen molar-refractivity contribution in [2.45, 2.75) is 39.5 Å². The van der Waals surface area contributed by atoms with Crippen molar-refractivity contribution < 1.29 is 14.3 Å². The number of aromatic nitrogens is 1. The summed E-state index contributed by atoms with van der Waals surface area (Å²) in [5.41, 5.74) is 3.12. The Labute approximate surface area is 129 Å². The maximum atomic E-state index is 12.4. The van der Waals surface area contributed by atoms with Crippen LogP contribution in [0.4, 0.5) is 0 Å². The van der Waals surface area contributed by atoms with Gasteiger partial charge >= 0.3 is 5.97 Å². The minimum Gasteiger partial charge on any atom is -0.458 e. The molecule has 3 heterocycles. The number of cyclic esters (lactones) is 1. The largest absolute Gasteiger partial charge is 0.458 e. The lowest BCUT2D eigenvalue weighted by Crippen LogP contribution is -2.33. The van der Waals surface area contributed by atoms with E-state index in [1.54, 1.807) is 10.6 Å². The lowest BCUT2D eigenvalue weighted by Gasteiger charge is -2.24. The minimum atomic E-state index is -0.844. The van der Waals surface area contributed by atoms with E-state index >= 15 is 0 Å². The third-order valence-corrected chi connectivity index (χ3v) is 3.61. The highest BCUT2D eigenvalue weighted by Crippen LogP contribution is 2.33. The molecule has 0 radical (unpaired) electrons. The Morgan fingerprint density at radius 2 is 2.00 bits per heavy atom. The summed E-state index contributed by atoms with van der Waals surface area (Å²) in [7, 11) is 1.42. The maximum Gasteiger partial charge on any atom is 0.340 e. The van der Waals surface area contributed by atoms with Crippen LogP contribution in [0, 0.1) is 0 Å². The second kappa shape index (κ2) is 6.32. The van der Waals surface area contributed by atoms with Crippen LogP contribution in [0.1, 0.15) is 43.2 Å². The van der Waals surface area contributed by atoms with E-state index in [9.17, 15) is 9.59 Å². The van der Waals surface area contributed by atoms with E-state index in [-0.39, 0.29) is 12.2 Å². The second-order valence-corrected chi connectivity index (χ2v) is 5.37. The van der Waals surface area contributed by atoms with Gasteiger partial charge < -0.3 is 14.0 Å². The summed E-state index contributed by atoms with van der Waals surface area (Å²) >= 11 is 0. The van der Waals surface area contributed by atoms with Crippen LogP contribution in [0.5, 0.6) is 0 Å². The number of ether oxygens (including phenoxy) is 2. The molecule has 5 nitrogen and oxygen atoms in total. The zero-order chi connectivity index (χ0) is 16.4. The maximum absolute atomic E-state index is 12.4. The Kier molecular flexibility index (Phi) is 4.66. The van der Waals surface area contributed by atoms with Crippen LogP contribution in [0.3, 0.4) is 0 Å². The molecule has 0 bridgehead atoms. The van der Waals surface area contributed by atoms with E-state index in [1.165, 1.54) is 13.5 Å². The number of pyridine rings is 1. The van der Waals surface area contributed by atoms with Crippen LogP contribution >= 0.6 is 0 Å². The molecule has 0 amide bonds. The molecule has 3 rings (SSSR count). The van der Waals surface area contributed by atoms with Crippen molar-refractivity contribution in [1.29, 1.82) is 0 Å². The Hall–Kier alpha value is -2.14. The number of fused-ring (bicyclic) bond motifs is 2. The van der Waals surface area contributed by atoms with Crippen molar-refractivity contribution in [1.82, 2.24) is 4.57 Å². The Morgan fingerprint density at radius 1 is 1.36 bits per heavy atom. The predicted octanol–water partition coefficient (Wildman–Crippen LogP) is 2.59. The van der Waals surface area contributed by atoms with Gasteiger partial charge in [0.2, 0.25) is 0 Å². The standard InChI is InChI=1S/C14H13NO4.C3H8/c1-7-5-15-11(8(7)2)4-9-10(13(15)16)6-19-14(17)12(9)18-3;1-3-2/h4,12H,1-2,5-6H2,3H3;3H2,1-2H3. The van der Waals surface area contributed by atoms with Crippen molar-refractivity contribution >= 4 is 11.5 Å². The molecule has 2 aliphatic heterocycles. The van der Waals surface area contributed by atoms with E-state index in [2.05, 4.69) is 27.0 Å². The van der Waals surface area contributed by atoms with Gasteiger partial charge in [-0.2, -0.15) is 0 Å². The highest BCUT2D eigenvalue weighted by Gasteiger charge is 2.34. The molecule has 1 aromatic heterocycles. The first-order chi connectivity index (χ1) is 10.5. The van der Waals surface area contributed by atoms with Gasteiger partial charge in [-0.3, -0.25) is 4.79 Å². The van der Waals surface area contributed by atoms with Crippen molar-refractivity contribution in [2.75, 3.05) is 7.11 Å². The molecule has 118 valence electrons. The number of allylic oxidation sites excluding steroid dienone is 2. The molecule has 1 aromatic rings. The summed E-state index contributed by atoms with van der Waals surface area (Å²) < 4.78 is 11.7. The van der Waals surface area contributed by atoms with Crippen molar-refractivity contribution in [3.05, 3.63) is 52.0 Å². The average molecular weight is 303 g/mol. The normalized spacial score (nSPS) is 19.0. The highest BCUT2D eigenvalue weighted by atomic mass is 16.6. The fraction of sp³-hybridized carbons (Fsp3) is 0.412. The number of rotatable bonds is 1. The van der Waals surface area contributed by atoms with E-state index in [0.717, 1.165) is 11.1 Å². The molecule has 0 N–H and O–H groups in total. The summed E-state index contributed by atoms with van der Waals surface area (Å²) in [6.45, 7) is 12.5. The molecule has 0 fully saturated rings. The minimum absolute atomic E-state index is 0.00784. The van der Waals surface area contributed by atoms with E-state index in [4.69, 9.17) is 9.47 Å². The summed E-state index contributed by atoms with van der Waals surface area (Å²) in [4.78, 5) is 24.0. The monoisotopic (exact) mass is 303 g/mol. The zero-order valence-corrected chi connectivity index (χ0v) is 13.3. The Morgan fingerprint density at radius 3 is 2.59 bits per heavy atom. The SMILES string of the molecule is C=C1Cn2c(cc3c(c2=O)COC(=O)C3OC)C1=C.CCC. The molecule has 0 aliphatic carbocycles. The number of carbonyl (C=O) groups is 1. The Balaban J connectivity index is 0.000000545. The number of hydrogen-bond donors (Lipinski definition) is 0. The van der Waals surface area contributed by atoms with Gasteiger partial charge in [0.05, 0.1) is 17.8 Å². The molecule has 1 atom stereocenters. The van der Waals surface area contributed by atoms with Crippen LogP contribution in [-0.4, -0.2) is 17.6 Å². The predicted molar refractivity (Wildman–Crippen MR) is 84.4 cm³/mol. The lowest BCUT2D eigenvalue weighted by atomic mass is 9.99. The molecule has 0 spiro atoms. The van der Waals surface area contributed by atoms with Gasteiger partial charge in [-0.05, 0) is 17.2 Å². The number of methoxy groups -OCH3 is 1. The highest BCUT2D eigenvalue weighted by molar-refractivity contribution is 5.82. The Bertz CT molecular complexity index is 699. The number of hydrogen-bond acceptors (Lipinski definition) is 4. The van der Waals surface area contributed by atoms with Crippen LogP contribution in [0.2, 0.25) is 0 Å². The van der Waals surface area contributed by atoms with Crippen LogP contribution in [-0.2, 0) is 27.4 Å². The van der Waals surface area contributed by atoms with Crippen LogP contribution < -0.4 is 5.56 Å². The van der Waals surface area contributed by atoms with Gasteiger partial charge in [-0.25, -0.2) is 4.79 Å². The number of carbonyl (C=O) groups excluding carboxylic acids is 1. The molecule has 2 aliphatic rings. The van der Waals surface area contributed by atoms with Gasteiger partial charge in [0.15, 0.2) is 6.10 Å². The molecular weight excluding hydrogens is 282 g/mol. The quantitative estimate of drug-likeness (QED) is 0.748. The van der Waals surface area contributed by atoms with Gasteiger partial charge in [0.25, 0.3) is 5.56 Å². The zero-order valence-electron chi connectivity index (χ0n) is 13.3. The summed E-state index contributed by atoms with van der Waals surface area (Å²) in [5.74, 6) is -0.471. The van der Waals surface area contributed by atoms with E-state index < -0.39 is 12.1 Å². The van der Waals surface area contributed by atoms with Crippen LogP contribution in [0.15, 0.2) is 29.6 Å². The first-order valence-electron chi connectivity index (χ1n) is 7.29. The van der Waals surface area contributed by atoms with Crippen molar-refractivity contribution in [3.63, 3.8) is 0 Å². The average Bonchev–Trinajstić information content (AvgIpc) is 2.77. The van der Waals surface area contributed by atoms with Crippen LogP contribution in [0.25, 0.3) is 5.57 Å². The van der Waals surface area contributed by atoms with Crippen molar-refractivity contribution in [3.8, 4) is 0 Å². The first kappa shape index (κ1) is 16.2. The molecule has 5 heteroatoms. The fourth-order valence-electron chi connectivity index (χ4n) is 2.53. The molecule has 0 aromatic carbocycles. The number of nitrogens with zero attached hydrogens (tertiary/aromatic N) is 1. The molecule has 22 heavy (non-hydrogen) atoms. The topological polar surface area (TPSA) is 57.5 Å². The number of esters is 1. The van der Waals surface area contributed by atoms with E-state index in [1.807, 2.05) is 0 Å². The second-order valence-electron chi connectivity index (χ2n) is 5.37. The fourth-order valence-corrected chi connectivity index (χ4v) is 2.53. The smallest absolute Gasteiger partial charge is 0.340 e. The summed E-state index contributed by atoms with van der Waals surface area (Å²) in [5, 5.41) is 0. The summed E-state index contributed by atoms with van der Waals surface area (Å²) in [6.07, 6.45) is 0.406. The van der Waals surface area contributed by atoms with Crippen molar-refractivity contribution in [2.24, 2.45) is 0 Å².